The molecule has 104 valence electrons. The van der Waals surface area contributed by atoms with Crippen molar-refractivity contribution in [3.63, 3.8) is 0 Å². The van der Waals surface area contributed by atoms with Gasteiger partial charge in [0.1, 0.15) is 17.7 Å². The second-order valence-electron chi connectivity index (χ2n) is 4.87. The lowest BCUT2D eigenvalue weighted by Gasteiger charge is -2.06. The van der Waals surface area contributed by atoms with E-state index in [0.29, 0.717) is 5.25 Å². The highest BCUT2D eigenvalue weighted by molar-refractivity contribution is 8.00. The van der Waals surface area contributed by atoms with Crippen LogP contribution in [0.25, 0.3) is 11.0 Å². The van der Waals surface area contributed by atoms with E-state index in [2.05, 4.69) is 46.7 Å². The van der Waals surface area contributed by atoms with E-state index in [1.807, 2.05) is 42.2 Å². The van der Waals surface area contributed by atoms with E-state index in [1.165, 1.54) is 11.2 Å². The van der Waals surface area contributed by atoms with Gasteiger partial charge in [-0.25, -0.2) is 9.97 Å². The molecule has 0 aliphatic heterocycles. The Balaban J connectivity index is 2.00. The van der Waals surface area contributed by atoms with Crippen molar-refractivity contribution in [3.8, 4) is 11.8 Å². The molecule has 4 heteroatoms. The molecule has 0 fully saturated rings. The first kappa shape index (κ1) is 13.7. The van der Waals surface area contributed by atoms with Crippen molar-refractivity contribution in [2.75, 3.05) is 0 Å². The van der Waals surface area contributed by atoms with Crippen LogP contribution in [0.1, 0.15) is 25.1 Å². The Morgan fingerprint density at radius 3 is 2.81 bits per heavy atom. The van der Waals surface area contributed by atoms with Gasteiger partial charge in [0, 0.05) is 21.9 Å². The monoisotopic (exact) mass is 293 g/mol. The van der Waals surface area contributed by atoms with Gasteiger partial charge >= 0.3 is 0 Å². The molecule has 0 aliphatic carbocycles. The smallest absolute Gasteiger partial charge is 0.141 e. The topological polar surface area (TPSA) is 41.6 Å². The average Bonchev–Trinajstić information content (AvgIpc) is 2.95. The van der Waals surface area contributed by atoms with Gasteiger partial charge in [0.15, 0.2) is 0 Å². The Morgan fingerprint density at radius 1 is 1.10 bits per heavy atom. The molecular weight excluding hydrogens is 278 g/mol. The summed E-state index contributed by atoms with van der Waals surface area (Å²) in [5.41, 5.74) is 2.61. The number of thioether (sulfide) groups is 1. The Morgan fingerprint density at radius 2 is 1.95 bits per heavy atom. The van der Waals surface area contributed by atoms with Gasteiger partial charge in [0.25, 0.3) is 0 Å². The molecule has 2 heterocycles. The lowest BCUT2D eigenvalue weighted by atomic mass is 10.2. The van der Waals surface area contributed by atoms with E-state index < -0.39 is 0 Å². The highest BCUT2D eigenvalue weighted by atomic mass is 32.2. The molecule has 0 saturated carbocycles. The van der Waals surface area contributed by atoms with Crippen molar-refractivity contribution in [2.24, 2.45) is 0 Å². The van der Waals surface area contributed by atoms with Gasteiger partial charge in [0.05, 0.1) is 5.39 Å². The quantitative estimate of drug-likeness (QED) is 0.576. The molecule has 3 rings (SSSR count). The maximum Gasteiger partial charge on any atom is 0.141 e. The second-order valence-corrected chi connectivity index (χ2v) is 6.49. The number of nitrogens with zero attached hydrogens (tertiary/aromatic N) is 2. The van der Waals surface area contributed by atoms with Crippen molar-refractivity contribution in [1.82, 2.24) is 15.0 Å². The normalized spacial score (nSPS) is 10.6. The summed E-state index contributed by atoms with van der Waals surface area (Å²) in [7, 11) is 0. The summed E-state index contributed by atoms with van der Waals surface area (Å²) in [5.74, 6) is 6.41. The van der Waals surface area contributed by atoms with Crippen LogP contribution in [0.3, 0.4) is 0 Å². The third kappa shape index (κ3) is 3.09. The first-order valence-electron chi connectivity index (χ1n) is 6.80. The standard InChI is InChI=1S/C17H15N3S/c1-12(2)21-16-6-4-3-5-13(16)7-8-15-14-9-10-18-17(14)20-11-19-15/h3-6,9-12H,1-2H3,(H,18,19,20). The van der Waals surface area contributed by atoms with Gasteiger partial charge in [-0.05, 0) is 24.1 Å². The highest BCUT2D eigenvalue weighted by Gasteiger charge is 2.04. The van der Waals surface area contributed by atoms with Crippen LogP contribution in [0.4, 0.5) is 0 Å². The number of hydrogen-bond acceptors (Lipinski definition) is 3. The van der Waals surface area contributed by atoms with E-state index in [-0.39, 0.29) is 0 Å². The fourth-order valence-corrected chi connectivity index (χ4v) is 2.94. The maximum atomic E-state index is 4.27. The third-order valence-electron chi connectivity index (χ3n) is 2.92. The largest absolute Gasteiger partial charge is 0.346 e. The molecule has 3 aromatic rings. The van der Waals surface area contributed by atoms with Crippen LogP contribution >= 0.6 is 11.8 Å². The summed E-state index contributed by atoms with van der Waals surface area (Å²) < 4.78 is 0. The molecule has 2 aromatic heterocycles. The Labute approximate surface area is 128 Å². The lowest BCUT2D eigenvalue weighted by Crippen LogP contribution is -1.90. The zero-order valence-corrected chi connectivity index (χ0v) is 12.7. The van der Waals surface area contributed by atoms with Gasteiger partial charge in [-0.1, -0.05) is 31.9 Å². The Kier molecular flexibility index (Phi) is 3.94. The molecule has 21 heavy (non-hydrogen) atoms. The number of fused-ring (bicyclic) bond motifs is 1. The molecule has 0 radical (unpaired) electrons. The summed E-state index contributed by atoms with van der Waals surface area (Å²) in [4.78, 5) is 12.7. The molecule has 3 nitrogen and oxygen atoms in total. The highest BCUT2D eigenvalue weighted by Crippen LogP contribution is 2.26. The van der Waals surface area contributed by atoms with Crippen LogP contribution in [0, 0.1) is 11.8 Å². The van der Waals surface area contributed by atoms with Crippen LogP contribution in [-0.2, 0) is 0 Å². The van der Waals surface area contributed by atoms with Gasteiger partial charge in [-0.3, -0.25) is 0 Å². The molecular formula is C17H15N3S. The van der Waals surface area contributed by atoms with E-state index >= 15 is 0 Å². The number of rotatable bonds is 2. The van der Waals surface area contributed by atoms with Crippen LogP contribution in [0.15, 0.2) is 47.8 Å². The summed E-state index contributed by atoms with van der Waals surface area (Å²) in [6.45, 7) is 4.37. The van der Waals surface area contributed by atoms with E-state index in [0.717, 1.165) is 22.3 Å². The zero-order chi connectivity index (χ0) is 14.7. The summed E-state index contributed by atoms with van der Waals surface area (Å²) in [6.07, 6.45) is 3.39. The first-order valence-corrected chi connectivity index (χ1v) is 7.68. The molecule has 0 bridgehead atoms. The molecule has 0 atom stereocenters. The summed E-state index contributed by atoms with van der Waals surface area (Å²) in [6, 6.07) is 10.2. The number of H-pyrrole nitrogens is 1. The lowest BCUT2D eigenvalue weighted by molar-refractivity contribution is 1.11. The van der Waals surface area contributed by atoms with Crippen molar-refractivity contribution in [2.45, 2.75) is 24.0 Å². The van der Waals surface area contributed by atoms with Crippen LogP contribution < -0.4 is 0 Å². The third-order valence-corrected chi connectivity index (χ3v) is 4.00. The minimum Gasteiger partial charge on any atom is -0.346 e. The summed E-state index contributed by atoms with van der Waals surface area (Å²) in [5, 5.41) is 1.49. The Hall–Kier alpha value is -2.25. The molecule has 1 aromatic carbocycles. The number of hydrogen-bond donors (Lipinski definition) is 1. The molecule has 0 aliphatic rings. The molecule has 0 amide bonds. The minimum absolute atomic E-state index is 0.531. The average molecular weight is 293 g/mol. The van der Waals surface area contributed by atoms with Crippen LogP contribution in [0.2, 0.25) is 0 Å². The fourth-order valence-electron chi connectivity index (χ4n) is 2.03. The predicted molar refractivity (Wildman–Crippen MR) is 87.3 cm³/mol. The number of nitrogens with one attached hydrogen (secondary N) is 1. The van der Waals surface area contributed by atoms with Crippen molar-refractivity contribution >= 4 is 22.8 Å². The summed E-state index contributed by atoms with van der Waals surface area (Å²) >= 11 is 1.82. The number of aromatic nitrogens is 3. The van der Waals surface area contributed by atoms with Crippen LogP contribution in [0.5, 0.6) is 0 Å². The molecule has 0 saturated heterocycles. The maximum absolute atomic E-state index is 4.27. The van der Waals surface area contributed by atoms with Gasteiger partial charge in [-0.15, -0.1) is 11.8 Å². The van der Waals surface area contributed by atoms with Crippen molar-refractivity contribution < 1.29 is 0 Å². The van der Waals surface area contributed by atoms with E-state index in [9.17, 15) is 0 Å². The molecule has 1 N–H and O–H groups in total. The van der Waals surface area contributed by atoms with Crippen molar-refractivity contribution in [3.05, 3.63) is 54.1 Å². The number of aromatic amines is 1. The van der Waals surface area contributed by atoms with E-state index in [4.69, 9.17) is 0 Å². The van der Waals surface area contributed by atoms with Gasteiger partial charge < -0.3 is 4.98 Å². The fraction of sp³-hybridized carbons (Fsp3) is 0.176. The van der Waals surface area contributed by atoms with E-state index in [1.54, 1.807) is 0 Å². The Bertz CT molecular complexity index is 824. The first-order chi connectivity index (χ1) is 10.2. The number of benzene rings is 1. The predicted octanol–water partition coefficient (Wildman–Crippen LogP) is 3.86. The minimum atomic E-state index is 0.531. The SMILES string of the molecule is CC(C)Sc1ccccc1C#Cc1ncnc2[nH]ccc12. The van der Waals surface area contributed by atoms with Crippen LogP contribution in [-0.4, -0.2) is 20.2 Å². The zero-order valence-electron chi connectivity index (χ0n) is 11.9. The molecule has 0 spiro atoms. The van der Waals surface area contributed by atoms with Gasteiger partial charge in [-0.2, -0.15) is 0 Å². The second kappa shape index (κ2) is 6.02. The van der Waals surface area contributed by atoms with Crippen molar-refractivity contribution in [1.29, 1.82) is 0 Å². The van der Waals surface area contributed by atoms with Gasteiger partial charge in [0.2, 0.25) is 0 Å². The molecule has 0 unspecified atom stereocenters.